The number of non-ortho nitro benzene ring substituents is 2. The summed E-state index contributed by atoms with van der Waals surface area (Å²) in [6, 6.07) is 5.73. The summed E-state index contributed by atoms with van der Waals surface area (Å²) in [5.74, 6) is 0. The lowest BCUT2D eigenvalue weighted by molar-refractivity contribution is -0.401. The van der Waals surface area contributed by atoms with Gasteiger partial charge in [-0.15, -0.1) is 0 Å². The van der Waals surface area contributed by atoms with Crippen molar-refractivity contribution in [3.63, 3.8) is 0 Å². The van der Waals surface area contributed by atoms with Crippen LogP contribution < -0.4 is 5.32 Å². The molecule has 2 rings (SSSR count). The van der Waals surface area contributed by atoms with Crippen LogP contribution in [0.2, 0.25) is 0 Å². The van der Waals surface area contributed by atoms with Crippen LogP contribution in [0.1, 0.15) is 18.5 Å². The van der Waals surface area contributed by atoms with Crippen LogP contribution in [-0.2, 0) is 0 Å². The molecule has 0 heterocycles. The Bertz CT molecular complexity index is 908. The van der Waals surface area contributed by atoms with Crippen LogP contribution in [0.15, 0.2) is 36.4 Å². The Morgan fingerprint density at radius 3 is 1.56 bits per heavy atom. The van der Waals surface area contributed by atoms with Crippen LogP contribution in [0.5, 0.6) is 0 Å². The van der Waals surface area contributed by atoms with Crippen LogP contribution in [0.3, 0.4) is 0 Å². The van der Waals surface area contributed by atoms with Crippen molar-refractivity contribution < 1.29 is 19.7 Å². The van der Waals surface area contributed by atoms with Gasteiger partial charge in [-0.2, -0.15) is 0 Å². The molecule has 2 aromatic carbocycles. The van der Waals surface area contributed by atoms with Crippen LogP contribution in [0.25, 0.3) is 0 Å². The molecule has 0 aliphatic rings. The van der Waals surface area contributed by atoms with E-state index in [1.165, 1.54) is 31.2 Å². The quantitative estimate of drug-likeness (QED) is 0.556. The topological polar surface area (TPSA) is 185 Å². The van der Waals surface area contributed by atoms with Gasteiger partial charge < -0.3 is 5.32 Å². The van der Waals surface area contributed by atoms with Crippen molar-refractivity contribution in [3.8, 4) is 0 Å². The summed E-state index contributed by atoms with van der Waals surface area (Å²) in [4.78, 5) is 40.6. The highest BCUT2D eigenvalue weighted by Gasteiger charge is 2.31. The molecule has 0 bridgehead atoms. The van der Waals surface area contributed by atoms with Gasteiger partial charge in [0.1, 0.15) is 0 Å². The fourth-order valence-corrected chi connectivity index (χ4v) is 2.32. The Balaban J connectivity index is 2.49. The van der Waals surface area contributed by atoms with Gasteiger partial charge in [-0.25, -0.2) is 0 Å². The van der Waals surface area contributed by atoms with Gasteiger partial charge in [0.25, 0.3) is 11.4 Å². The summed E-state index contributed by atoms with van der Waals surface area (Å²) < 4.78 is 0. The van der Waals surface area contributed by atoms with Gasteiger partial charge in [0.2, 0.25) is 0 Å². The largest absolute Gasteiger partial charge is 0.367 e. The third-order valence-electron chi connectivity index (χ3n) is 3.65. The first kappa shape index (κ1) is 19.2. The molecule has 2 aromatic rings. The number of nitrogens with one attached hydrogen (secondary N) is 1. The summed E-state index contributed by atoms with van der Waals surface area (Å²) in [5.41, 5.74) is -2.65. The zero-order chi connectivity index (χ0) is 20.3. The van der Waals surface area contributed by atoms with Crippen molar-refractivity contribution in [2.45, 2.75) is 13.0 Å². The van der Waals surface area contributed by atoms with Gasteiger partial charge in [0.15, 0.2) is 5.69 Å². The fourth-order valence-electron chi connectivity index (χ4n) is 2.32. The lowest BCUT2D eigenvalue weighted by atomic mass is 10.1. The highest BCUT2D eigenvalue weighted by molar-refractivity contribution is 5.77. The Labute approximate surface area is 149 Å². The number of nitrogens with zero attached hydrogens (tertiary/aromatic N) is 4. The molecular weight excluding hydrogens is 366 g/mol. The molecule has 0 aliphatic heterocycles. The first-order chi connectivity index (χ1) is 12.6. The van der Waals surface area contributed by atoms with E-state index in [4.69, 9.17) is 0 Å². The smallest absolute Gasteiger partial charge is 0.306 e. The zero-order valence-electron chi connectivity index (χ0n) is 13.6. The lowest BCUT2D eigenvalue weighted by Gasteiger charge is -2.15. The molecule has 0 saturated heterocycles. The van der Waals surface area contributed by atoms with Crippen molar-refractivity contribution in [2.75, 3.05) is 5.32 Å². The molecule has 0 aliphatic carbocycles. The number of benzene rings is 2. The molecule has 1 N–H and O–H groups in total. The van der Waals surface area contributed by atoms with Gasteiger partial charge in [0.05, 0.1) is 31.8 Å². The van der Waals surface area contributed by atoms with Crippen molar-refractivity contribution >= 4 is 28.4 Å². The van der Waals surface area contributed by atoms with Crippen molar-refractivity contribution in [1.29, 1.82) is 0 Å². The summed E-state index contributed by atoms with van der Waals surface area (Å²) in [6.07, 6.45) is 0. The molecule has 1 unspecified atom stereocenters. The average molecular weight is 377 g/mol. The molecule has 0 spiro atoms. The van der Waals surface area contributed by atoms with Gasteiger partial charge in [0, 0.05) is 18.2 Å². The highest BCUT2D eigenvalue weighted by atomic mass is 16.6. The van der Waals surface area contributed by atoms with E-state index in [9.17, 15) is 40.5 Å². The van der Waals surface area contributed by atoms with Crippen molar-refractivity contribution in [2.24, 2.45) is 0 Å². The maximum atomic E-state index is 11.3. The average Bonchev–Trinajstić information content (AvgIpc) is 2.61. The fraction of sp³-hybridized carbons (Fsp3) is 0.143. The Morgan fingerprint density at radius 2 is 1.19 bits per heavy atom. The summed E-state index contributed by atoms with van der Waals surface area (Å²) in [5, 5.41) is 46.7. The van der Waals surface area contributed by atoms with Crippen molar-refractivity contribution in [1.82, 2.24) is 0 Å². The number of nitro groups is 4. The first-order valence-electron chi connectivity index (χ1n) is 7.24. The number of anilines is 1. The van der Waals surface area contributed by atoms with Gasteiger partial charge >= 0.3 is 11.4 Å². The van der Waals surface area contributed by atoms with E-state index in [-0.39, 0.29) is 5.69 Å². The van der Waals surface area contributed by atoms with Crippen LogP contribution in [0.4, 0.5) is 28.4 Å². The van der Waals surface area contributed by atoms with E-state index in [0.717, 1.165) is 0 Å². The van der Waals surface area contributed by atoms with E-state index in [1.807, 2.05) is 0 Å². The Kier molecular flexibility index (Phi) is 5.24. The number of hydrogen-bond acceptors (Lipinski definition) is 9. The normalized spacial score (nSPS) is 11.4. The van der Waals surface area contributed by atoms with E-state index >= 15 is 0 Å². The second kappa shape index (κ2) is 7.38. The standard InChI is InChI=1S/C14H11N5O8/c1-8(9-2-4-10(5-3-9)16(20)21)15-14-12(18(24)25)6-11(17(22)23)7-13(14)19(26)27/h2-8,15H,1H3. The highest BCUT2D eigenvalue weighted by Crippen LogP contribution is 2.40. The monoisotopic (exact) mass is 377 g/mol. The van der Waals surface area contributed by atoms with E-state index in [2.05, 4.69) is 5.32 Å². The van der Waals surface area contributed by atoms with Crippen LogP contribution in [-0.4, -0.2) is 19.7 Å². The molecule has 1 atom stereocenters. The van der Waals surface area contributed by atoms with Gasteiger partial charge in [-0.05, 0) is 12.5 Å². The third-order valence-corrected chi connectivity index (χ3v) is 3.65. The van der Waals surface area contributed by atoms with E-state index in [1.54, 1.807) is 0 Å². The molecular formula is C14H11N5O8. The van der Waals surface area contributed by atoms with Crippen LogP contribution >= 0.6 is 0 Å². The summed E-state index contributed by atoms with van der Waals surface area (Å²) in [7, 11) is 0. The van der Waals surface area contributed by atoms with E-state index < -0.39 is 48.5 Å². The molecule has 13 heteroatoms. The lowest BCUT2D eigenvalue weighted by Crippen LogP contribution is -2.11. The first-order valence-corrected chi connectivity index (χ1v) is 7.24. The van der Waals surface area contributed by atoms with Crippen LogP contribution in [0, 0.1) is 40.5 Å². The molecule has 0 fully saturated rings. The molecule has 0 radical (unpaired) electrons. The minimum absolute atomic E-state index is 0.168. The molecule has 27 heavy (non-hydrogen) atoms. The Hall–Kier alpha value is -4.16. The predicted molar refractivity (Wildman–Crippen MR) is 91.5 cm³/mol. The zero-order valence-corrected chi connectivity index (χ0v) is 13.6. The van der Waals surface area contributed by atoms with Crippen molar-refractivity contribution in [3.05, 3.63) is 82.4 Å². The van der Waals surface area contributed by atoms with Gasteiger partial charge in [-0.1, -0.05) is 12.1 Å². The van der Waals surface area contributed by atoms with E-state index in [0.29, 0.717) is 17.7 Å². The number of hydrogen-bond donors (Lipinski definition) is 1. The summed E-state index contributed by atoms with van der Waals surface area (Å²) in [6.45, 7) is 1.52. The maximum Gasteiger partial charge on any atom is 0.306 e. The number of rotatable bonds is 7. The molecule has 140 valence electrons. The predicted octanol–water partition coefficient (Wildman–Crippen LogP) is 3.49. The minimum atomic E-state index is -0.969. The second-order valence-corrected chi connectivity index (χ2v) is 5.35. The third kappa shape index (κ3) is 4.09. The maximum absolute atomic E-state index is 11.3. The Morgan fingerprint density at radius 1 is 0.741 bits per heavy atom. The summed E-state index contributed by atoms with van der Waals surface area (Å²) >= 11 is 0. The molecule has 0 saturated carbocycles. The molecule has 13 nitrogen and oxygen atoms in total. The second-order valence-electron chi connectivity index (χ2n) is 5.35. The number of nitro benzene ring substituents is 4. The molecule has 0 amide bonds. The van der Waals surface area contributed by atoms with Gasteiger partial charge in [-0.3, -0.25) is 40.5 Å². The molecule has 0 aromatic heterocycles. The SMILES string of the molecule is CC(Nc1c([N+](=O)[O-])cc([N+](=O)[O-])cc1[N+](=O)[O-])c1ccc([N+](=O)[O-])cc1. The minimum Gasteiger partial charge on any atom is -0.367 e.